The molecule has 0 bridgehead atoms. The van der Waals surface area contributed by atoms with Crippen molar-refractivity contribution in [3.8, 4) is 22.3 Å². The average molecular weight is 528 g/mol. The lowest BCUT2D eigenvalue weighted by Gasteiger charge is -2.24. The Morgan fingerprint density at radius 2 is 0.878 bits per heavy atom. The van der Waals surface area contributed by atoms with Crippen LogP contribution in [0.3, 0.4) is 0 Å². The van der Waals surface area contributed by atoms with Crippen molar-refractivity contribution in [2.45, 2.75) is 26.2 Å². The van der Waals surface area contributed by atoms with Gasteiger partial charge in [0.15, 0.2) is 0 Å². The predicted octanol–water partition coefficient (Wildman–Crippen LogP) is 11.5. The highest BCUT2D eigenvalue weighted by atomic mass is 14.9. The second-order valence-corrected chi connectivity index (χ2v) is 11.9. The number of hydrogen-bond donors (Lipinski definition) is 1. The summed E-state index contributed by atoms with van der Waals surface area (Å²) in [5.41, 5.74) is 8.55. The van der Waals surface area contributed by atoms with E-state index in [0.29, 0.717) is 0 Å². The third kappa shape index (κ3) is 4.44. The van der Waals surface area contributed by atoms with E-state index in [4.69, 9.17) is 0 Å². The number of fused-ring (bicyclic) bond motifs is 4. The molecule has 1 heteroatoms. The van der Waals surface area contributed by atoms with Crippen molar-refractivity contribution < 1.29 is 0 Å². The van der Waals surface area contributed by atoms with E-state index in [0.717, 1.165) is 11.4 Å². The normalized spacial score (nSPS) is 11.8. The molecule has 0 atom stereocenters. The number of anilines is 2. The van der Waals surface area contributed by atoms with Crippen LogP contribution in [-0.4, -0.2) is 0 Å². The molecule has 0 amide bonds. The van der Waals surface area contributed by atoms with Gasteiger partial charge >= 0.3 is 0 Å². The van der Waals surface area contributed by atoms with Gasteiger partial charge in [-0.1, -0.05) is 148 Å². The smallest absolute Gasteiger partial charge is 0.0464 e. The molecule has 0 aromatic heterocycles. The lowest BCUT2D eigenvalue weighted by Crippen LogP contribution is -2.13. The van der Waals surface area contributed by atoms with E-state index in [1.807, 2.05) is 0 Å². The summed E-state index contributed by atoms with van der Waals surface area (Å²) in [6, 6.07) is 50.6. The van der Waals surface area contributed by atoms with Crippen molar-refractivity contribution in [1.29, 1.82) is 0 Å². The first-order chi connectivity index (χ1) is 20.0. The fraction of sp³-hybridized carbons (Fsp3) is 0.100. The van der Waals surface area contributed by atoms with Gasteiger partial charge in [0, 0.05) is 16.9 Å². The molecule has 0 aliphatic rings. The van der Waals surface area contributed by atoms with Gasteiger partial charge in [0.1, 0.15) is 0 Å². The molecular weight excluding hydrogens is 494 g/mol. The molecule has 0 fully saturated rings. The van der Waals surface area contributed by atoms with Gasteiger partial charge in [0.2, 0.25) is 0 Å². The minimum absolute atomic E-state index is 0.0384. The number of hydrogen-bond acceptors (Lipinski definition) is 1. The Bertz CT molecular complexity index is 2060. The highest BCUT2D eigenvalue weighted by Crippen LogP contribution is 2.42. The summed E-state index contributed by atoms with van der Waals surface area (Å²) in [6.07, 6.45) is 0. The average Bonchev–Trinajstić information content (AvgIpc) is 3.00. The fourth-order valence-electron chi connectivity index (χ4n) is 6.26. The highest BCUT2D eigenvalue weighted by Gasteiger charge is 2.19. The fourth-order valence-corrected chi connectivity index (χ4v) is 6.26. The molecule has 1 N–H and O–H groups in total. The van der Waals surface area contributed by atoms with Crippen molar-refractivity contribution in [3.63, 3.8) is 0 Å². The van der Waals surface area contributed by atoms with Crippen molar-refractivity contribution in [2.24, 2.45) is 0 Å². The van der Waals surface area contributed by atoms with Crippen molar-refractivity contribution >= 4 is 43.7 Å². The van der Waals surface area contributed by atoms with Gasteiger partial charge in [-0.25, -0.2) is 0 Å². The number of benzene rings is 7. The van der Waals surface area contributed by atoms with Crippen LogP contribution in [0, 0.1) is 0 Å². The largest absolute Gasteiger partial charge is 0.355 e. The maximum absolute atomic E-state index is 3.80. The van der Waals surface area contributed by atoms with Crippen LogP contribution in [0.2, 0.25) is 0 Å². The molecule has 7 rings (SSSR count). The molecule has 198 valence electrons. The summed E-state index contributed by atoms with van der Waals surface area (Å²) in [5.74, 6) is 0. The molecule has 0 spiro atoms. The number of para-hydroxylation sites is 2. The number of rotatable bonds is 4. The van der Waals surface area contributed by atoms with E-state index in [9.17, 15) is 0 Å². The molecule has 7 aromatic rings. The van der Waals surface area contributed by atoms with Crippen molar-refractivity contribution in [2.75, 3.05) is 5.32 Å². The quantitative estimate of drug-likeness (QED) is 0.224. The van der Waals surface area contributed by atoms with Crippen molar-refractivity contribution in [3.05, 3.63) is 145 Å². The first-order valence-electron chi connectivity index (χ1n) is 14.4. The third-order valence-corrected chi connectivity index (χ3v) is 8.22. The summed E-state index contributed by atoms with van der Waals surface area (Å²) in [7, 11) is 0. The first kappa shape index (κ1) is 25.1. The van der Waals surface area contributed by atoms with Gasteiger partial charge in [-0.05, 0) is 72.1 Å². The molecule has 0 unspecified atom stereocenters. The Kier molecular flexibility index (Phi) is 6.09. The first-order valence-corrected chi connectivity index (χ1v) is 14.4. The lowest BCUT2D eigenvalue weighted by atomic mass is 9.85. The lowest BCUT2D eigenvalue weighted by molar-refractivity contribution is 0.592. The van der Waals surface area contributed by atoms with E-state index in [2.05, 4.69) is 166 Å². The second kappa shape index (κ2) is 9.94. The van der Waals surface area contributed by atoms with Crippen LogP contribution < -0.4 is 5.32 Å². The number of nitrogens with one attached hydrogen (secondary N) is 1. The predicted molar refractivity (Wildman–Crippen MR) is 178 cm³/mol. The van der Waals surface area contributed by atoms with Crippen LogP contribution in [0.5, 0.6) is 0 Å². The molecule has 0 aliphatic heterocycles. The van der Waals surface area contributed by atoms with E-state index >= 15 is 0 Å². The Morgan fingerprint density at radius 1 is 0.366 bits per heavy atom. The van der Waals surface area contributed by atoms with Crippen LogP contribution >= 0.6 is 0 Å². The molecule has 0 saturated carbocycles. The second-order valence-electron chi connectivity index (χ2n) is 11.9. The molecule has 1 nitrogen and oxygen atoms in total. The zero-order chi connectivity index (χ0) is 28.0. The maximum Gasteiger partial charge on any atom is 0.0464 e. The molecule has 41 heavy (non-hydrogen) atoms. The van der Waals surface area contributed by atoms with Gasteiger partial charge < -0.3 is 5.32 Å². The molecule has 0 saturated heterocycles. The topological polar surface area (TPSA) is 12.0 Å². The van der Waals surface area contributed by atoms with Crippen LogP contribution in [0.25, 0.3) is 54.6 Å². The summed E-state index contributed by atoms with van der Waals surface area (Å²) in [4.78, 5) is 0. The Labute approximate surface area is 242 Å². The summed E-state index contributed by atoms with van der Waals surface area (Å²) in [6.45, 7) is 6.80. The van der Waals surface area contributed by atoms with E-state index < -0.39 is 0 Å². The van der Waals surface area contributed by atoms with Crippen LogP contribution in [0.4, 0.5) is 11.4 Å². The van der Waals surface area contributed by atoms with E-state index in [-0.39, 0.29) is 5.41 Å². The van der Waals surface area contributed by atoms with E-state index in [1.165, 1.54) is 60.1 Å². The monoisotopic (exact) mass is 527 g/mol. The minimum Gasteiger partial charge on any atom is -0.355 e. The minimum atomic E-state index is 0.0384. The van der Waals surface area contributed by atoms with Gasteiger partial charge in [-0.15, -0.1) is 0 Å². The van der Waals surface area contributed by atoms with Gasteiger partial charge in [-0.2, -0.15) is 0 Å². The van der Waals surface area contributed by atoms with Crippen LogP contribution in [0.1, 0.15) is 26.3 Å². The maximum atomic E-state index is 3.80. The van der Waals surface area contributed by atoms with Gasteiger partial charge in [0.05, 0.1) is 0 Å². The summed E-state index contributed by atoms with van der Waals surface area (Å²) < 4.78 is 0. The molecular formula is C40H33N. The van der Waals surface area contributed by atoms with Gasteiger partial charge in [0.25, 0.3) is 0 Å². The van der Waals surface area contributed by atoms with E-state index in [1.54, 1.807) is 0 Å². The molecule has 7 aromatic carbocycles. The summed E-state index contributed by atoms with van der Waals surface area (Å²) in [5, 5.41) is 11.5. The standard InChI is InChI=1S/C40H33N/c1-40(2,3)37-20-9-11-22-39(37)41-38-21-10-8-17-36(38)35-26-25-34(30-15-6-7-16-31(30)35)32-19-12-18-29-28-14-5-4-13-27(28)23-24-33(29)32/h4-26,41H,1-3H3. The third-order valence-electron chi connectivity index (χ3n) is 8.22. The zero-order valence-electron chi connectivity index (χ0n) is 23.8. The van der Waals surface area contributed by atoms with Gasteiger partial charge in [-0.3, -0.25) is 0 Å². The van der Waals surface area contributed by atoms with Crippen LogP contribution in [-0.2, 0) is 5.41 Å². The summed E-state index contributed by atoms with van der Waals surface area (Å²) >= 11 is 0. The molecule has 0 radical (unpaired) electrons. The molecule has 0 heterocycles. The zero-order valence-corrected chi connectivity index (χ0v) is 23.8. The Hall–Kier alpha value is -4.88. The van der Waals surface area contributed by atoms with Crippen LogP contribution in [0.15, 0.2) is 140 Å². The molecule has 0 aliphatic carbocycles. The SMILES string of the molecule is CC(C)(C)c1ccccc1Nc1ccccc1-c1ccc(-c2cccc3c2ccc2ccccc23)c2ccccc12. The highest BCUT2D eigenvalue weighted by molar-refractivity contribution is 6.15. The Balaban J connectivity index is 1.40. The van der Waals surface area contributed by atoms with Crippen molar-refractivity contribution in [1.82, 2.24) is 0 Å². The Morgan fingerprint density at radius 3 is 1.63 bits per heavy atom.